The first-order chi connectivity index (χ1) is 9.12. The zero-order valence-corrected chi connectivity index (χ0v) is 11.1. The second-order valence-corrected chi connectivity index (χ2v) is 5.49. The second kappa shape index (κ2) is 4.26. The minimum absolute atomic E-state index is 0.0674. The largest absolute Gasteiger partial charge is 0.394 e. The summed E-state index contributed by atoms with van der Waals surface area (Å²) in [7, 11) is 0. The molecule has 19 heavy (non-hydrogen) atoms. The number of benzene rings is 1. The van der Waals surface area contributed by atoms with Crippen molar-refractivity contribution in [3.63, 3.8) is 0 Å². The molecule has 1 aromatic heterocycles. The van der Waals surface area contributed by atoms with Crippen molar-refractivity contribution in [1.29, 1.82) is 0 Å². The van der Waals surface area contributed by atoms with E-state index in [0.29, 0.717) is 5.69 Å². The number of rotatable bonds is 3. The zero-order valence-electron chi connectivity index (χ0n) is 11.1. The smallest absolute Gasteiger partial charge is 0.273 e. The molecule has 1 heterocycles. The third kappa shape index (κ3) is 2.05. The fourth-order valence-electron chi connectivity index (χ4n) is 2.61. The topological polar surface area (TPSA) is 48.0 Å². The van der Waals surface area contributed by atoms with Crippen LogP contribution in [0.1, 0.15) is 24.0 Å². The van der Waals surface area contributed by atoms with Crippen molar-refractivity contribution in [2.45, 2.75) is 31.7 Å². The van der Waals surface area contributed by atoms with Gasteiger partial charge in [0.05, 0.1) is 0 Å². The van der Waals surface area contributed by atoms with Crippen molar-refractivity contribution in [3.05, 3.63) is 64.1 Å². The molecule has 3 rings (SSSR count). The molecule has 1 saturated carbocycles. The van der Waals surface area contributed by atoms with E-state index in [1.165, 1.54) is 5.56 Å². The van der Waals surface area contributed by atoms with Crippen LogP contribution in [0.15, 0.2) is 47.4 Å². The fourth-order valence-corrected chi connectivity index (χ4v) is 2.61. The molecule has 0 atom stereocenters. The van der Waals surface area contributed by atoms with Crippen LogP contribution < -0.4 is 11.3 Å². The average Bonchev–Trinajstić information content (AvgIpc) is 3.22. The fraction of sp³-hybridized carbons (Fsp3) is 0.312. The lowest BCUT2D eigenvalue weighted by Crippen LogP contribution is -2.28. The third-order valence-corrected chi connectivity index (χ3v) is 4.13. The number of hydrogen-bond acceptors (Lipinski definition) is 2. The lowest BCUT2D eigenvalue weighted by Gasteiger charge is -2.18. The lowest BCUT2D eigenvalue weighted by molar-refractivity contribution is 0.535. The van der Waals surface area contributed by atoms with Gasteiger partial charge in [0.2, 0.25) is 0 Å². The van der Waals surface area contributed by atoms with E-state index < -0.39 is 0 Å². The molecule has 0 aliphatic heterocycles. The van der Waals surface area contributed by atoms with Crippen LogP contribution in [0.25, 0.3) is 0 Å². The maximum absolute atomic E-state index is 12.2. The molecule has 2 N–H and O–H groups in total. The summed E-state index contributed by atoms with van der Waals surface area (Å²) in [6, 6.07) is 12.3. The minimum atomic E-state index is -0.0674. The number of aryl methyl sites for hydroxylation is 1. The van der Waals surface area contributed by atoms with Crippen LogP contribution >= 0.6 is 0 Å². The minimum Gasteiger partial charge on any atom is -0.394 e. The number of aromatic nitrogens is 1. The Morgan fingerprint density at radius 1 is 1.21 bits per heavy atom. The van der Waals surface area contributed by atoms with Gasteiger partial charge in [0, 0.05) is 18.2 Å². The average molecular weight is 254 g/mol. The van der Waals surface area contributed by atoms with E-state index in [-0.39, 0.29) is 11.0 Å². The number of nitrogen functional groups attached to an aromatic ring is 1. The van der Waals surface area contributed by atoms with Gasteiger partial charge < -0.3 is 10.3 Å². The molecular weight excluding hydrogens is 236 g/mol. The molecule has 0 saturated heterocycles. The van der Waals surface area contributed by atoms with Gasteiger partial charge in [0.15, 0.2) is 0 Å². The molecule has 0 spiro atoms. The van der Waals surface area contributed by atoms with Crippen molar-refractivity contribution < 1.29 is 0 Å². The van der Waals surface area contributed by atoms with Gasteiger partial charge in [-0.3, -0.25) is 4.79 Å². The highest BCUT2D eigenvalue weighted by Gasteiger charge is 2.44. The van der Waals surface area contributed by atoms with Gasteiger partial charge in [-0.2, -0.15) is 0 Å². The summed E-state index contributed by atoms with van der Waals surface area (Å²) in [5.41, 5.74) is 8.43. The standard InChI is InChI=1S/C16H18N2O/c1-12-7-10-18(15(19)14(12)17)11-16(8-9-16)13-5-3-2-4-6-13/h2-7,10H,8-9,11,17H2,1H3. The van der Waals surface area contributed by atoms with Crippen LogP contribution in [0.2, 0.25) is 0 Å². The van der Waals surface area contributed by atoms with Crippen LogP contribution in [-0.2, 0) is 12.0 Å². The molecule has 1 aliphatic carbocycles. The summed E-state index contributed by atoms with van der Waals surface area (Å²) in [5, 5.41) is 0. The third-order valence-electron chi connectivity index (χ3n) is 4.13. The monoisotopic (exact) mass is 254 g/mol. The number of pyridine rings is 1. The first-order valence-corrected chi connectivity index (χ1v) is 6.63. The lowest BCUT2D eigenvalue weighted by atomic mass is 9.96. The molecule has 0 bridgehead atoms. The Hall–Kier alpha value is -2.03. The van der Waals surface area contributed by atoms with Gasteiger partial charge >= 0.3 is 0 Å². The highest BCUT2D eigenvalue weighted by molar-refractivity contribution is 5.43. The van der Waals surface area contributed by atoms with Gasteiger partial charge in [-0.05, 0) is 37.0 Å². The Bertz CT molecular complexity index is 654. The van der Waals surface area contributed by atoms with Crippen molar-refractivity contribution in [1.82, 2.24) is 4.57 Å². The van der Waals surface area contributed by atoms with E-state index in [1.807, 2.05) is 25.3 Å². The number of anilines is 1. The Kier molecular flexibility index (Phi) is 2.70. The second-order valence-electron chi connectivity index (χ2n) is 5.49. The highest BCUT2D eigenvalue weighted by Crippen LogP contribution is 2.49. The van der Waals surface area contributed by atoms with Crippen molar-refractivity contribution >= 4 is 5.69 Å². The summed E-state index contributed by atoms with van der Waals surface area (Å²) >= 11 is 0. The maximum Gasteiger partial charge on any atom is 0.273 e. The summed E-state index contributed by atoms with van der Waals surface area (Å²) in [5.74, 6) is 0. The highest BCUT2D eigenvalue weighted by atomic mass is 16.1. The van der Waals surface area contributed by atoms with E-state index in [0.717, 1.165) is 24.9 Å². The summed E-state index contributed by atoms with van der Waals surface area (Å²) in [4.78, 5) is 12.2. The quantitative estimate of drug-likeness (QED) is 0.914. The van der Waals surface area contributed by atoms with E-state index in [2.05, 4.69) is 24.3 Å². The Morgan fingerprint density at radius 2 is 1.89 bits per heavy atom. The Balaban J connectivity index is 1.95. The molecule has 2 aromatic rings. The number of nitrogens with two attached hydrogens (primary N) is 1. The summed E-state index contributed by atoms with van der Waals surface area (Å²) < 4.78 is 1.75. The number of hydrogen-bond donors (Lipinski definition) is 1. The van der Waals surface area contributed by atoms with Crippen molar-refractivity contribution in [2.24, 2.45) is 0 Å². The Morgan fingerprint density at radius 3 is 2.53 bits per heavy atom. The van der Waals surface area contributed by atoms with Crippen LogP contribution in [-0.4, -0.2) is 4.57 Å². The Labute approximate surface area is 112 Å². The van der Waals surface area contributed by atoms with Gasteiger partial charge in [-0.1, -0.05) is 30.3 Å². The summed E-state index contributed by atoms with van der Waals surface area (Å²) in [6.07, 6.45) is 4.13. The molecule has 1 aromatic carbocycles. The van der Waals surface area contributed by atoms with Gasteiger partial charge in [-0.15, -0.1) is 0 Å². The van der Waals surface area contributed by atoms with Crippen LogP contribution in [0.3, 0.4) is 0 Å². The first kappa shape index (κ1) is 12.0. The van der Waals surface area contributed by atoms with E-state index in [4.69, 9.17) is 5.73 Å². The molecule has 1 aliphatic rings. The first-order valence-electron chi connectivity index (χ1n) is 6.63. The summed E-state index contributed by atoms with van der Waals surface area (Å²) in [6.45, 7) is 2.59. The number of nitrogens with zero attached hydrogens (tertiary/aromatic N) is 1. The molecule has 0 unspecified atom stereocenters. The molecule has 3 nitrogen and oxygen atoms in total. The maximum atomic E-state index is 12.2. The van der Waals surface area contributed by atoms with E-state index in [9.17, 15) is 4.79 Å². The van der Waals surface area contributed by atoms with Crippen molar-refractivity contribution in [2.75, 3.05) is 5.73 Å². The van der Waals surface area contributed by atoms with Gasteiger partial charge in [-0.25, -0.2) is 0 Å². The van der Waals surface area contributed by atoms with Crippen LogP contribution in [0.4, 0.5) is 5.69 Å². The predicted molar refractivity (Wildman–Crippen MR) is 77.2 cm³/mol. The van der Waals surface area contributed by atoms with Crippen molar-refractivity contribution in [3.8, 4) is 0 Å². The predicted octanol–water partition coefficient (Wildman–Crippen LogP) is 2.47. The SMILES string of the molecule is Cc1ccn(CC2(c3ccccc3)CC2)c(=O)c1N. The normalized spacial score (nSPS) is 16.3. The molecule has 0 amide bonds. The molecule has 3 heteroatoms. The molecule has 98 valence electrons. The van der Waals surface area contributed by atoms with E-state index >= 15 is 0 Å². The molecular formula is C16H18N2O. The van der Waals surface area contributed by atoms with Gasteiger partial charge in [0.25, 0.3) is 5.56 Å². The van der Waals surface area contributed by atoms with Crippen LogP contribution in [0, 0.1) is 6.92 Å². The zero-order chi connectivity index (χ0) is 13.5. The van der Waals surface area contributed by atoms with E-state index in [1.54, 1.807) is 4.57 Å². The molecule has 0 radical (unpaired) electrons. The molecule has 1 fully saturated rings. The van der Waals surface area contributed by atoms with Crippen LogP contribution in [0.5, 0.6) is 0 Å². The van der Waals surface area contributed by atoms with Gasteiger partial charge in [0.1, 0.15) is 5.69 Å².